The van der Waals surface area contributed by atoms with Crippen LogP contribution in [0.25, 0.3) is 22.6 Å². The Kier molecular flexibility index (Phi) is 6.06. The number of aliphatic hydroxyl groups is 1. The lowest BCUT2D eigenvalue weighted by Crippen LogP contribution is -2.21. The highest BCUT2D eigenvalue weighted by molar-refractivity contribution is 5.77. The number of benzene rings is 2. The van der Waals surface area contributed by atoms with Gasteiger partial charge in [0.15, 0.2) is 0 Å². The molecular formula is C26H25F2N5O. The van der Waals surface area contributed by atoms with Crippen LogP contribution in [-0.4, -0.2) is 30.7 Å². The molecule has 174 valence electrons. The molecule has 2 N–H and O–H groups in total. The number of aliphatic hydroxyl groups excluding tert-OH is 1. The first kappa shape index (κ1) is 22.2. The predicted molar refractivity (Wildman–Crippen MR) is 127 cm³/mol. The van der Waals surface area contributed by atoms with Crippen molar-refractivity contribution in [3.8, 4) is 22.6 Å². The SMILES string of the molecule is Cc1c(F)cccc1Nc1nccc(-c2c(-c3ccc(F)cc3)ncn2C2CCC(O)CC2)n1. The van der Waals surface area contributed by atoms with Crippen LogP contribution >= 0.6 is 0 Å². The van der Waals surface area contributed by atoms with Crippen LogP contribution < -0.4 is 5.32 Å². The lowest BCUT2D eigenvalue weighted by atomic mass is 9.92. The van der Waals surface area contributed by atoms with Crippen molar-refractivity contribution in [2.75, 3.05) is 5.32 Å². The molecule has 2 aromatic heterocycles. The molecule has 4 aromatic rings. The van der Waals surface area contributed by atoms with E-state index in [9.17, 15) is 13.9 Å². The summed E-state index contributed by atoms with van der Waals surface area (Å²) in [6, 6.07) is 13.0. The van der Waals surface area contributed by atoms with Crippen LogP contribution in [0.5, 0.6) is 0 Å². The van der Waals surface area contributed by atoms with Crippen LogP contribution in [0, 0.1) is 18.6 Å². The number of anilines is 2. The van der Waals surface area contributed by atoms with Crippen LogP contribution in [0.3, 0.4) is 0 Å². The molecular weight excluding hydrogens is 436 g/mol. The number of imidazole rings is 1. The second-order valence-corrected chi connectivity index (χ2v) is 8.62. The van der Waals surface area contributed by atoms with Gasteiger partial charge in [-0.3, -0.25) is 0 Å². The average Bonchev–Trinajstić information content (AvgIpc) is 3.28. The minimum atomic E-state index is -0.315. The Hall–Kier alpha value is -3.65. The van der Waals surface area contributed by atoms with E-state index >= 15 is 0 Å². The van der Waals surface area contributed by atoms with Gasteiger partial charge in [0, 0.05) is 29.1 Å². The molecule has 2 heterocycles. The second-order valence-electron chi connectivity index (χ2n) is 8.62. The zero-order chi connectivity index (χ0) is 23.7. The zero-order valence-corrected chi connectivity index (χ0v) is 18.7. The maximum absolute atomic E-state index is 14.0. The van der Waals surface area contributed by atoms with Gasteiger partial charge in [-0.15, -0.1) is 0 Å². The van der Waals surface area contributed by atoms with Gasteiger partial charge in [0.25, 0.3) is 0 Å². The number of hydrogen-bond donors (Lipinski definition) is 2. The molecule has 0 radical (unpaired) electrons. The van der Waals surface area contributed by atoms with Crippen molar-refractivity contribution in [3.05, 3.63) is 78.3 Å². The molecule has 0 amide bonds. The fraction of sp³-hybridized carbons (Fsp3) is 0.269. The maximum Gasteiger partial charge on any atom is 0.227 e. The topological polar surface area (TPSA) is 75.9 Å². The molecule has 0 saturated heterocycles. The van der Waals surface area contributed by atoms with E-state index in [1.54, 1.807) is 43.7 Å². The Bertz CT molecular complexity index is 1300. The monoisotopic (exact) mass is 461 g/mol. The lowest BCUT2D eigenvalue weighted by Gasteiger charge is -2.28. The van der Waals surface area contributed by atoms with Gasteiger partial charge in [0.1, 0.15) is 11.6 Å². The van der Waals surface area contributed by atoms with Crippen LogP contribution in [0.4, 0.5) is 20.4 Å². The van der Waals surface area contributed by atoms with Gasteiger partial charge >= 0.3 is 0 Å². The standard InChI is InChI=1S/C26H25F2N5O/c1-16-21(28)3-2-4-22(16)31-26-29-14-13-23(32-26)25-24(17-5-7-18(27)8-6-17)30-15-33(25)19-9-11-20(34)12-10-19/h2-8,13-15,19-20,34H,9-12H2,1H3,(H,29,31,32). The van der Waals surface area contributed by atoms with Crippen molar-refractivity contribution in [2.24, 2.45) is 0 Å². The number of halogens is 2. The van der Waals surface area contributed by atoms with Crippen molar-refractivity contribution in [3.63, 3.8) is 0 Å². The van der Waals surface area contributed by atoms with Gasteiger partial charge in [0.05, 0.1) is 29.5 Å². The Morgan fingerprint density at radius 1 is 0.971 bits per heavy atom. The molecule has 0 unspecified atom stereocenters. The summed E-state index contributed by atoms with van der Waals surface area (Å²) < 4.78 is 29.7. The Labute approximate surface area is 196 Å². The van der Waals surface area contributed by atoms with Crippen molar-refractivity contribution in [2.45, 2.75) is 44.8 Å². The number of hydrogen-bond acceptors (Lipinski definition) is 5. The van der Waals surface area contributed by atoms with E-state index in [0.717, 1.165) is 36.9 Å². The minimum absolute atomic E-state index is 0.164. The third-order valence-electron chi connectivity index (χ3n) is 6.38. The first-order chi connectivity index (χ1) is 16.5. The first-order valence-corrected chi connectivity index (χ1v) is 11.4. The molecule has 1 aliphatic rings. The molecule has 5 rings (SSSR count). The lowest BCUT2D eigenvalue weighted by molar-refractivity contribution is 0.111. The highest BCUT2D eigenvalue weighted by Gasteiger charge is 2.26. The Morgan fingerprint density at radius 2 is 1.74 bits per heavy atom. The second kappa shape index (κ2) is 9.30. The third kappa shape index (κ3) is 4.41. The van der Waals surface area contributed by atoms with E-state index in [-0.39, 0.29) is 23.8 Å². The first-order valence-electron chi connectivity index (χ1n) is 11.4. The van der Waals surface area contributed by atoms with E-state index in [1.165, 1.54) is 18.2 Å². The van der Waals surface area contributed by atoms with Gasteiger partial charge < -0.3 is 15.0 Å². The summed E-state index contributed by atoms with van der Waals surface area (Å²) >= 11 is 0. The van der Waals surface area contributed by atoms with Crippen molar-refractivity contribution >= 4 is 11.6 Å². The summed E-state index contributed by atoms with van der Waals surface area (Å²) in [6.45, 7) is 1.70. The molecule has 2 aromatic carbocycles. The smallest absolute Gasteiger partial charge is 0.227 e. The van der Waals surface area contributed by atoms with Gasteiger partial charge in [-0.25, -0.2) is 23.7 Å². The molecule has 0 bridgehead atoms. The van der Waals surface area contributed by atoms with E-state index in [1.807, 2.05) is 6.07 Å². The number of aromatic nitrogens is 4. The largest absolute Gasteiger partial charge is 0.393 e. The molecule has 1 fully saturated rings. The summed E-state index contributed by atoms with van der Waals surface area (Å²) in [6.07, 6.45) is 6.27. The highest BCUT2D eigenvalue weighted by atomic mass is 19.1. The van der Waals surface area contributed by atoms with Crippen LogP contribution in [0.2, 0.25) is 0 Å². The molecule has 1 aliphatic carbocycles. The van der Waals surface area contributed by atoms with Gasteiger partial charge in [0.2, 0.25) is 5.95 Å². The summed E-state index contributed by atoms with van der Waals surface area (Å²) in [5.41, 5.74) is 3.99. The number of rotatable bonds is 5. The fourth-order valence-corrected chi connectivity index (χ4v) is 4.46. The van der Waals surface area contributed by atoms with Crippen LogP contribution in [-0.2, 0) is 0 Å². The van der Waals surface area contributed by atoms with Gasteiger partial charge in [-0.05, 0) is 75.1 Å². The van der Waals surface area contributed by atoms with Gasteiger partial charge in [-0.2, -0.15) is 0 Å². The molecule has 6 nitrogen and oxygen atoms in total. The number of nitrogens with zero attached hydrogens (tertiary/aromatic N) is 4. The highest BCUT2D eigenvalue weighted by Crippen LogP contribution is 2.37. The molecule has 8 heteroatoms. The molecule has 0 spiro atoms. The number of nitrogens with one attached hydrogen (secondary N) is 1. The Morgan fingerprint density at radius 3 is 2.50 bits per heavy atom. The van der Waals surface area contributed by atoms with E-state index in [0.29, 0.717) is 28.6 Å². The van der Waals surface area contributed by atoms with Crippen LogP contribution in [0.1, 0.15) is 37.3 Å². The molecule has 0 aliphatic heterocycles. The average molecular weight is 462 g/mol. The molecule has 34 heavy (non-hydrogen) atoms. The zero-order valence-electron chi connectivity index (χ0n) is 18.7. The van der Waals surface area contributed by atoms with E-state index in [2.05, 4.69) is 19.9 Å². The normalized spacial score (nSPS) is 18.1. The quantitative estimate of drug-likeness (QED) is 0.392. The van der Waals surface area contributed by atoms with Crippen molar-refractivity contribution < 1.29 is 13.9 Å². The maximum atomic E-state index is 14.0. The van der Waals surface area contributed by atoms with E-state index in [4.69, 9.17) is 4.98 Å². The summed E-state index contributed by atoms with van der Waals surface area (Å²) in [5.74, 6) is -0.287. The minimum Gasteiger partial charge on any atom is -0.393 e. The molecule has 0 atom stereocenters. The van der Waals surface area contributed by atoms with Crippen molar-refractivity contribution in [1.82, 2.24) is 19.5 Å². The predicted octanol–water partition coefficient (Wildman–Crippen LogP) is 5.81. The van der Waals surface area contributed by atoms with Crippen LogP contribution in [0.15, 0.2) is 61.1 Å². The summed E-state index contributed by atoms with van der Waals surface area (Å²) in [7, 11) is 0. The summed E-state index contributed by atoms with van der Waals surface area (Å²) in [4.78, 5) is 13.7. The fourth-order valence-electron chi connectivity index (χ4n) is 4.46. The summed E-state index contributed by atoms with van der Waals surface area (Å²) in [5, 5.41) is 13.1. The van der Waals surface area contributed by atoms with Crippen molar-refractivity contribution in [1.29, 1.82) is 0 Å². The molecule has 1 saturated carbocycles. The van der Waals surface area contributed by atoms with E-state index < -0.39 is 0 Å². The Balaban J connectivity index is 1.57. The van der Waals surface area contributed by atoms with Gasteiger partial charge in [-0.1, -0.05) is 6.07 Å². The third-order valence-corrected chi connectivity index (χ3v) is 6.38.